The number of aromatic nitrogens is 1. The predicted molar refractivity (Wildman–Crippen MR) is 113 cm³/mol. The molecule has 0 spiro atoms. The molecule has 144 valence electrons. The van der Waals surface area contributed by atoms with Crippen LogP contribution in [0.3, 0.4) is 0 Å². The quantitative estimate of drug-likeness (QED) is 0.661. The fourth-order valence-corrected chi connectivity index (χ4v) is 3.08. The van der Waals surface area contributed by atoms with Gasteiger partial charge < -0.3 is 10.0 Å². The number of nitrogens with zero attached hydrogens (tertiary/aromatic N) is 2. The van der Waals surface area contributed by atoms with Crippen LogP contribution in [0.4, 0.5) is 5.69 Å². The van der Waals surface area contributed by atoms with Gasteiger partial charge in [-0.1, -0.05) is 48.0 Å². The molecule has 0 aliphatic heterocycles. The molecule has 0 fully saturated rings. The van der Waals surface area contributed by atoms with Gasteiger partial charge in [-0.25, -0.2) is 0 Å². The van der Waals surface area contributed by atoms with E-state index in [-0.39, 0.29) is 5.91 Å². The van der Waals surface area contributed by atoms with Gasteiger partial charge in [-0.2, -0.15) is 0 Å². The Morgan fingerprint density at radius 1 is 1.07 bits per heavy atom. The summed E-state index contributed by atoms with van der Waals surface area (Å²) in [6.45, 7) is 4.44. The van der Waals surface area contributed by atoms with Crippen molar-refractivity contribution in [3.05, 3.63) is 94.3 Å². The van der Waals surface area contributed by atoms with E-state index in [0.29, 0.717) is 23.6 Å². The van der Waals surface area contributed by atoms with Gasteiger partial charge in [0.25, 0.3) is 5.91 Å². The van der Waals surface area contributed by atoms with E-state index >= 15 is 0 Å². The van der Waals surface area contributed by atoms with Crippen LogP contribution in [0.1, 0.15) is 28.5 Å². The number of pyridine rings is 1. The third-order valence-electron chi connectivity index (χ3n) is 4.80. The Morgan fingerprint density at radius 2 is 1.82 bits per heavy atom. The molecular weight excluding hydrogens is 372 g/mol. The van der Waals surface area contributed by atoms with Crippen molar-refractivity contribution in [1.29, 1.82) is 0 Å². The van der Waals surface area contributed by atoms with Gasteiger partial charge in [-0.15, -0.1) is 0 Å². The lowest BCUT2D eigenvalue weighted by Gasteiger charge is -2.26. The van der Waals surface area contributed by atoms with Crippen LogP contribution >= 0.6 is 11.6 Å². The first-order valence-electron chi connectivity index (χ1n) is 9.18. The zero-order valence-corrected chi connectivity index (χ0v) is 16.7. The molecule has 0 saturated heterocycles. The van der Waals surface area contributed by atoms with Crippen molar-refractivity contribution in [2.45, 2.75) is 26.4 Å². The average molecular weight is 395 g/mol. The number of amides is 1. The summed E-state index contributed by atoms with van der Waals surface area (Å²) in [5.74, 6) is -0.358. The fourth-order valence-electron chi connectivity index (χ4n) is 2.97. The monoisotopic (exact) mass is 394 g/mol. The van der Waals surface area contributed by atoms with Crippen molar-refractivity contribution in [3.63, 3.8) is 0 Å². The molecule has 4 nitrogen and oxygen atoms in total. The molecule has 1 aromatic heterocycles. The SMILES string of the molecule is Cc1ccc(N(CCc2ccc(Cl)cn2)C(=O)C(O)c2ccccc2)cc1C. The molecule has 0 aliphatic carbocycles. The summed E-state index contributed by atoms with van der Waals surface area (Å²) in [5.41, 5.74) is 4.41. The minimum absolute atomic E-state index is 0.358. The van der Waals surface area contributed by atoms with Gasteiger partial charge >= 0.3 is 0 Å². The summed E-state index contributed by atoms with van der Waals surface area (Å²) >= 11 is 5.90. The predicted octanol–water partition coefficient (Wildman–Crippen LogP) is 4.66. The molecule has 28 heavy (non-hydrogen) atoms. The molecule has 0 saturated carbocycles. The van der Waals surface area contributed by atoms with Crippen molar-refractivity contribution in [2.24, 2.45) is 0 Å². The molecular formula is C23H23ClN2O2. The van der Waals surface area contributed by atoms with Crippen LogP contribution in [0.5, 0.6) is 0 Å². The van der Waals surface area contributed by atoms with Gasteiger partial charge in [0.1, 0.15) is 0 Å². The second-order valence-corrected chi connectivity index (χ2v) is 7.23. The number of rotatable bonds is 6. The lowest BCUT2D eigenvalue weighted by atomic mass is 10.1. The Hall–Kier alpha value is -2.69. The maximum absolute atomic E-state index is 13.2. The van der Waals surface area contributed by atoms with Crippen LogP contribution in [0, 0.1) is 13.8 Å². The zero-order chi connectivity index (χ0) is 20.1. The maximum Gasteiger partial charge on any atom is 0.260 e. The second kappa shape index (κ2) is 9.00. The highest BCUT2D eigenvalue weighted by Crippen LogP contribution is 2.24. The van der Waals surface area contributed by atoms with Crippen molar-refractivity contribution in [2.75, 3.05) is 11.4 Å². The lowest BCUT2D eigenvalue weighted by Crippen LogP contribution is -2.37. The molecule has 1 amide bonds. The van der Waals surface area contributed by atoms with E-state index in [4.69, 9.17) is 11.6 Å². The van der Waals surface area contributed by atoms with E-state index in [2.05, 4.69) is 4.98 Å². The smallest absolute Gasteiger partial charge is 0.260 e. The number of aryl methyl sites for hydroxylation is 2. The molecule has 0 aliphatic rings. The minimum Gasteiger partial charge on any atom is -0.378 e. The molecule has 3 aromatic rings. The third kappa shape index (κ3) is 4.77. The van der Waals surface area contributed by atoms with Crippen LogP contribution < -0.4 is 4.90 Å². The molecule has 3 rings (SSSR count). The van der Waals surface area contributed by atoms with E-state index in [1.807, 2.05) is 56.3 Å². The van der Waals surface area contributed by atoms with Crippen LogP contribution in [0.25, 0.3) is 0 Å². The molecule has 0 radical (unpaired) electrons. The molecule has 1 unspecified atom stereocenters. The Balaban J connectivity index is 1.87. The van der Waals surface area contributed by atoms with E-state index in [0.717, 1.165) is 22.5 Å². The first-order chi connectivity index (χ1) is 13.5. The number of halogens is 1. The van der Waals surface area contributed by atoms with Crippen LogP contribution in [-0.2, 0) is 11.2 Å². The van der Waals surface area contributed by atoms with Crippen molar-refractivity contribution in [3.8, 4) is 0 Å². The topological polar surface area (TPSA) is 53.4 Å². The maximum atomic E-state index is 13.2. The van der Waals surface area contributed by atoms with E-state index < -0.39 is 6.10 Å². The highest BCUT2D eigenvalue weighted by atomic mass is 35.5. The number of carbonyl (C=O) groups is 1. The number of carbonyl (C=O) groups excluding carboxylic acids is 1. The van der Waals surface area contributed by atoms with Crippen LogP contribution in [0.2, 0.25) is 5.02 Å². The van der Waals surface area contributed by atoms with Gasteiger partial charge in [-0.05, 0) is 54.8 Å². The number of hydrogen-bond donors (Lipinski definition) is 1. The summed E-state index contributed by atoms with van der Waals surface area (Å²) < 4.78 is 0. The Morgan fingerprint density at radius 3 is 2.46 bits per heavy atom. The first-order valence-corrected chi connectivity index (χ1v) is 9.55. The van der Waals surface area contributed by atoms with E-state index in [9.17, 15) is 9.90 Å². The average Bonchev–Trinajstić information content (AvgIpc) is 2.72. The number of aliphatic hydroxyl groups excluding tert-OH is 1. The molecule has 0 bridgehead atoms. The zero-order valence-electron chi connectivity index (χ0n) is 16.0. The third-order valence-corrected chi connectivity index (χ3v) is 5.02. The Kier molecular flexibility index (Phi) is 6.45. The summed E-state index contributed by atoms with van der Waals surface area (Å²) in [5, 5.41) is 11.2. The molecule has 1 heterocycles. The van der Waals surface area contributed by atoms with Gasteiger partial charge in [0.2, 0.25) is 0 Å². The molecule has 1 N–H and O–H groups in total. The standard InChI is InChI=1S/C23H23ClN2O2/c1-16-8-11-21(14-17(16)2)26(13-12-20-10-9-19(24)15-25-20)23(28)22(27)18-6-4-3-5-7-18/h3-11,14-15,22,27H,12-13H2,1-2H3. The minimum atomic E-state index is -1.22. The van der Waals surface area contributed by atoms with Crippen molar-refractivity contribution >= 4 is 23.2 Å². The number of hydrogen-bond acceptors (Lipinski definition) is 3. The second-order valence-electron chi connectivity index (χ2n) is 6.79. The van der Waals surface area contributed by atoms with Gasteiger partial charge in [-0.3, -0.25) is 9.78 Å². The Bertz CT molecular complexity index is 943. The summed E-state index contributed by atoms with van der Waals surface area (Å²) in [6.07, 6.45) is 0.927. The molecule has 1 atom stereocenters. The van der Waals surface area contributed by atoms with E-state index in [1.54, 1.807) is 29.3 Å². The lowest BCUT2D eigenvalue weighted by molar-refractivity contribution is -0.126. The highest BCUT2D eigenvalue weighted by Gasteiger charge is 2.25. The Labute approximate surface area is 170 Å². The highest BCUT2D eigenvalue weighted by molar-refractivity contribution is 6.30. The number of aliphatic hydroxyl groups is 1. The largest absolute Gasteiger partial charge is 0.378 e. The summed E-state index contributed by atoms with van der Waals surface area (Å²) in [4.78, 5) is 19.1. The first kappa shape index (κ1) is 20.1. The molecule has 5 heteroatoms. The number of benzene rings is 2. The summed E-state index contributed by atoms with van der Waals surface area (Å²) in [7, 11) is 0. The fraction of sp³-hybridized carbons (Fsp3) is 0.217. The van der Waals surface area contributed by atoms with Crippen molar-refractivity contribution in [1.82, 2.24) is 4.98 Å². The van der Waals surface area contributed by atoms with Gasteiger partial charge in [0.05, 0.1) is 5.02 Å². The van der Waals surface area contributed by atoms with E-state index in [1.165, 1.54) is 0 Å². The summed E-state index contributed by atoms with van der Waals surface area (Å²) in [6, 6.07) is 18.5. The van der Waals surface area contributed by atoms with Gasteiger partial charge in [0, 0.05) is 30.5 Å². The van der Waals surface area contributed by atoms with Gasteiger partial charge in [0.15, 0.2) is 6.10 Å². The van der Waals surface area contributed by atoms with Crippen LogP contribution in [-0.4, -0.2) is 22.5 Å². The van der Waals surface area contributed by atoms with Crippen molar-refractivity contribution < 1.29 is 9.90 Å². The normalized spacial score (nSPS) is 11.9. The number of anilines is 1. The molecule has 2 aromatic carbocycles. The van der Waals surface area contributed by atoms with Crippen LogP contribution in [0.15, 0.2) is 66.9 Å².